The predicted octanol–water partition coefficient (Wildman–Crippen LogP) is 6.43. The van der Waals surface area contributed by atoms with Crippen LogP contribution in [0, 0.1) is 26.2 Å². The zero-order chi connectivity index (χ0) is 17.0. The smallest absolute Gasteiger partial charge is 0.0349 e. The van der Waals surface area contributed by atoms with Crippen molar-refractivity contribution in [2.75, 3.05) is 0 Å². The van der Waals surface area contributed by atoms with Crippen molar-refractivity contribution < 1.29 is 0 Å². The Morgan fingerprint density at radius 1 is 1.05 bits per heavy atom. The summed E-state index contributed by atoms with van der Waals surface area (Å²) in [6.45, 7) is 17.1. The summed E-state index contributed by atoms with van der Waals surface area (Å²) in [6, 6.07) is 4.56. The molecule has 0 fully saturated rings. The van der Waals surface area contributed by atoms with Crippen LogP contribution in [0.5, 0.6) is 0 Å². The van der Waals surface area contributed by atoms with E-state index in [9.17, 15) is 0 Å². The Balaban J connectivity index is 2.91. The van der Waals surface area contributed by atoms with E-state index < -0.39 is 0 Å². The maximum Gasteiger partial charge on any atom is 0.0349 e. The van der Waals surface area contributed by atoms with Crippen molar-refractivity contribution in [3.05, 3.63) is 57.2 Å². The topological polar surface area (TPSA) is 23.9 Å². The van der Waals surface area contributed by atoms with Gasteiger partial charge in [-0.15, -0.1) is 0 Å². The summed E-state index contributed by atoms with van der Waals surface area (Å²) in [4.78, 5) is 0. The molecule has 1 nitrogen and oxygen atoms in total. The van der Waals surface area contributed by atoms with Crippen molar-refractivity contribution >= 4 is 5.71 Å². The van der Waals surface area contributed by atoms with Gasteiger partial charge in [-0.1, -0.05) is 36.3 Å². The van der Waals surface area contributed by atoms with Crippen LogP contribution in [0.2, 0.25) is 0 Å². The minimum atomic E-state index is 0.376. The zero-order valence-corrected chi connectivity index (χ0v) is 15.5. The van der Waals surface area contributed by atoms with E-state index in [2.05, 4.69) is 66.7 Å². The van der Waals surface area contributed by atoms with Crippen LogP contribution >= 0.6 is 0 Å². The molecular weight excluding hydrogens is 266 g/mol. The molecule has 0 aliphatic rings. The number of rotatable bonds is 5. The van der Waals surface area contributed by atoms with E-state index in [1.807, 2.05) is 6.92 Å². The quantitative estimate of drug-likeness (QED) is 0.478. The van der Waals surface area contributed by atoms with Gasteiger partial charge in [0.15, 0.2) is 0 Å². The molecule has 0 aromatic heterocycles. The normalized spacial score (nSPS) is 13.0. The first-order valence-electron chi connectivity index (χ1n) is 8.11. The molecule has 1 atom stereocenters. The molecule has 0 spiro atoms. The number of hydrogen-bond acceptors (Lipinski definition) is 1. The largest absolute Gasteiger partial charge is 0.305 e. The van der Waals surface area contributed by atoms with Crippen LogP contribution in [0.3, 0.4) is 0 Å². The third-order valence-electron chi connectivity index (χ3n) is 4.73. The Hall–Kier alpha value is -1.63. The maximum absolute atomic E-state index is 8.37. The van der Waals surface area contributed by atoms with Gasteiger partial charge < -0.3 is 5.41 Å². The molecule has 1 heteroatoms. The van der Waals surface area contributed by atoms with Crippen molar-refractivity contribution in [3.63, 3.8) is 0 Å². The van der Waals surface area contributed by atoms with Crippen molar-refractivity contribution in [2.24, 2.45) is 0 Å². The monoisotopic (exact) mass is 297 g/mol. The lowest BCUT2D eigenvalue weighted by molar-refractivity contribution is 0.797. The highest BCUT2D eigenvalue weighted by molar-refractivity contribution is 5.98. The van der Waals surface area contributed by atoms with Gasteiger partial charge in [-0.25, -0.2) is 0 Å². The Kier molecular flexibility index (Phi) is 6.34. The Bertz CT molecular complexity index is 602. The summed E-state index contributed by atoms with van der Waals surface area (Å²) >= 11 is 0. The van der Waals surface area contributed by atoms with Crippen LogP contribution in [-0.2, 0) is 0 Å². The molecule has 0 aliphatic carbocycles. The molecule has 1 rings (SSSR count). The highest BCUT2D eigenvalue weighted by atomic mass is 14.4. The SMILES string of the molecule is CC(C)=C(C)/C=C(\C)C(=N)CC(C)c1cc(C)c(C)c(C)c1. The van der Waals surface area contributed by atoms with Gasteiger partial charge in [0, 0.05) is 5.71 Å². The van der Waals surface area contributed by atoms with Gasteiger partial charge in [0.1, 0.15) is 0 Å². The Morgan fingerprint density at radius 3 is 2.00 bits per heavy atom. The molecule has 22 heavy (non-hydrogen) atoms. The molecule has 0 radical (unpaired) electrons. The minimum absolute atomic E-state index is 0.376. The molecule has 1 aromatic carbocycles. The van der Waals surface area contributed by atoms with Gasteiger partial charge in [0.05, 0.1) is 0 Å². The fourth-order valence-corrected chi connectivity index (χ4v) is 2.49. The summed E-state index contributed by atoms with van der Waals surface area (Å²) < 4.78 is 0. The van der Waals surface area contributed by atoms with Crippen molar-refractivity contribution in [2.45, 2.75) is 67.7 Å². The van der Waals surface area contributed by atoms with Crippen LogP contribution < -0.4 is 0 Å². The van der Waals surface area contributed by atoms with Crippen LogP contribution in [-0.4, -0.2) is 5.71 Å². The number of hydrogen-bond donors (Lipinski definition) is 1. The molecule has 1 N–H and O–H groups in total. The first-order chi connectivity index (χ1) is 10.1. The highest BCUT2D eigenvalue weighted by Crippen LogP contribution is 2.25. The van der Waals surface area contributed by atoms with Gasteiger partial charge in [0.2, 0.25) is 0 Å². The van der Waals surface area contributed by atoms with Crippen LogP contribution in [0.4, 0.5) is 0 Å². The number of aryl methyl sites for hydroxylation is 2. The zero-order valence-electron chi connectivity index (χ0n) is 15.5. The third kappa shape index (κ3) is 4.69. The lowest BCUT2D eigenvalue weighted by Gasteiger charge is -2.16. The van der Waals surface area contributed by atoms with Gasteiger partial charge in [-0.05, 0) is 88.6 Å². The maximum atomic E-state index is 8.37. The van der Waals surface area contributed by atoms with E-state index >= 15 is 0 Å². The second-order valence-corrected chi connectivity index (χ2v) is 6.87. The summed E-state index contributed by atoms with van der Waals surface area (Å²) in [5, 5.41) is 8.37. The molecule has 0 bridgehead atoms. The average Bonchev–Trinajstić information content (AvgIpc) is 2.43. The van der Waals surface area contributed by atoms with Crippen LogP contribution in [0.25, 0.3) is 0 Å². The predicted molar refractivity (Wildman–Crippen MR) is 99.2 cm³/mol. The Labute approximate surface area is 136 Å². The van der Waals surface area contributed by atoms with E-state index in [1.54, 1.807) is 0 Å². The molecule has 0 saturated heterocycles. The van der Waals surface area contributed by atoms with Crippen molar-refractivity contribution in [3.8, 4) is 0 Å². The standard InChI is InChI=1S/C21H31N/c1-13(2)14(3)9-18(7)21(22)12-17(6)20-10-15(4)19(8)16(5)11-20/h9-11,17,22H,12H2,1-8H3/b18-9+,22-21?. The van der Waals surface area contributed by atoms with Gasteiger partial charge in [0.25, 0.3) is 0 Å². The van der Waals surface area contributed by atoms with E-state index in [1.165, 1.54) is 33.4 Å². The van der Waals surface area contributed by atoms with E-state index in [4.69, 9.17) is 5.41 Å². The number of nitrogens with one attached hydrogen (secondary N) is 1. The number of benzene rings is 1. The van der Waals surface area contributed by atoms with Gasteiger partial charge >= 0.3 is 0 Å². The molecule has 0 saturated carbocycles. The molecular formula is C21H31N. The number of allylic oxidation sites excluding steroid dienone is 4. The van der Waals surface area contributed by atoms with Crippen molar-refractivity contribution in [1.29, 1.82) is 5.41 Å². The fraction of sp³-hybridized carbons (Fsp3) is 0.476. The summed E-state index contributed by atoms with van der Waals surface area (Å²) in [5.74, 6) is 0.376. The van der Waals surface area contributed by atoms with E-state index in [-0.39, 0.29) is 0 Å². The second kappa shape index (κ2) is 7.58. The molecule has 1 aromatic rings. The molecule has 0 heterocycles. The van der Waals surface area contributed by atoms with Gasteiger partial charge in [-0.2, -0.15) is 0 Å². The van der Waals surface area contributed by atoms with E-state index in [0.717, 1.165) is 17.7 Å². The first kappa shape index (κ1) is 18.4. The molecule has 1 unspecified atom stereocenters. The van der Waals surface area contributed by atoms with Crippen molar-refractivity contribution in [1.82, 2.24) is 0 Å². The molecule has 120 valence electrons. The second-order valence-electron chi connectivity index (χ2n) is 6.87. The lowest BCUT2D eigenvalue weighted by atomic mass is 9.89. The summed E-state index contributed by atoms with van der Waals surface area (Å²) in [5.41, 5.74) is 9.80. The Morgan fingerprint density at radius 2 is 1.55 bits per heavy atom. The summed E-state index contributed by atoms with van der Waals surface area (Å²) in [6.07, 6.45) is 2.93. The summed E-state index contributed by atoms with van der Waals surface area (Å²) in [7, 11) is 0. The van der Waals surface area contributed by atoms with Crippen LogP contribution in [0.1, 0.15) is 69.2 Å². The van der Waals surface area contributed by atoms with Crippen LogP contribution in [0.15, 0.2) is 34.9 Å². The highest BCUT2D eigenvalue weighted by Gasteiger charge is 2.12. The third-order valence-corrected chi connectivity index (χ3v) is 4.73. The average molecular weight is 297 g/mol. The minimum Gasteiger partial charge on any atom is -0.305 e. The van der Waals surface area contributed by atoms with E-state index in [0.29, 0.717) is 5.92 Å². The molecule has 0 aliphatic heterocycles. The van der Waals surface area contributed by atoms with Gasteiger partial charge in [-0.3, -0.25) is 0 Å². The first-order valence-corrected chi connectivity index (χ1v) is 8.11. The lowest BCUT2D eigenvalue weighted by Crippen LogP contribution is -2.06. The fourth-order valence-electron chi connectivity index (χ4n) is 2.49. The molecule has 0 amide bonds.